The van der Waals surface area contributed by atoms with Crippen LogP contribution >= 0.6 is 0 Å². The second kappa shape index (κ2) is 9.67. The third kappa shape index (κ3) is 4.82. The highest BCUT2D eigenvalue weighted by molar-refractivity contribution is 6.25. The number of carbonyl (C=O) groups excluding carboxylic acids is 2. The van der Waals surface area contributed by atoms with Crippen LogP contribution in [0.4, 0.5) is 5.69 Å². The zero-order chi connectivity index (χ0) is 21.5. The number of hydrogen-bond acceptors (Lipinski definition) is 4. The first-order valence-electron chi connectivity index (χ1n) is 9.71. The second-order valence-corrected chi connectivity index (χ2v) is 6.90. The first-order valence-corrected chi connectivity index (χ1v) is 9.71. The normalized spacial score (nSPS) is 11.6. The van der Waals surface area contributed by atoms with Gasteiger partial charge in [-0.15, -0.1) is 0 Å². The Morgan fingerprint density at radius 1 is 0.900 bits per heavy atom. The Labute approximate surface area is 175 Å². The summed E-state index contributed by atoms with van der Waals surface area (Å²) in [5.41, 5.74) is 17.7. The summed E-state index contributed by atoms with van der Waals surface area (Å²) in [5.74, 6) is -0.895. The molecule has 0 aliphatic heterocycles. The molecule has 0 heterocycles. The van der Waals surface area contributed by atoms with Gasteiger partial charge in [0.05, 0.1) is 11.7 Å². The highest BCUT2D eigenvalue weighted by Gasteiger charge is 2.29. The van der Waals surface area contributed by atoms with Crippen LogP contribution in [-0.2, 0) is 4.79 Å². The van der Waals surface area contributed by atoms with Crippen molar-refractivity contribution in [2.75, 3.05) is 11.4 Å². The van der Waals surface area contributed by atoms with Crippen LogP contribution in [0.3, 0.4) is 0 Å². The van der Waals surface area contributed by atoms with E-state index in [9.17, 15) is 9.59 Å². The number of guanidine groups is 1. The molecule has 1 unspecified atom stereocenters. The molecule has 0 saturated carbocycles. The molecule has 7 nitrogen and oxygen atoms in total. The molecule has 3 aromatic carbocycles. The van der Waals surface area contributed by atoms with Crippen LogP contribution in [0, 0.1) is 0 Å². The van der Waals surface area contributed by atoms with Crippen molar-refractivity contribution in [3.63, 3.8) is 0 Å². The highest BCUT2D eigenvalue weighted by atomic mass is 16.2. The Bertz CT molecular complexity index is 1060. The lowest BCUT2D eigenvalue weighted by atomic mass is 10.0. The van der Waals surface area contributed by atoms with Gasteiger partial charge in [0.15, 0.2) is 5.96 Å². The Balaban J connectivity index is 1.96. The molecule has 1 atom stereocenters. The average Bonchev–Trinajstić information content (AvgIpc) is 2.77. The van der Waals surface area contributed by atoms with Gasteiger partial charge in [-0.05, 0) is 36.4 Å². The molecule has 0 fully saturated rings. The van der Waals surface area contributed by atoms with Gasteiger partial charge in [-0.25, -0.2) is 4.90 Å². The van der Waals surface area contributed by atoms with E-state index in [1.165, 1.54) is 4.90 Å². The van der Waals surface area contributed by atoms with Crippen LogP contribution in [0.5, 0.6) is 0 Å². The van der Waals surface area contributed by atoms with E-state index in [-0.39, 0.29) is 5.96 Å². The zero-order valence-corrected chi connectivity index (χ0v) is 16.6. The molecule has 0 aliphatic rings. The lowest BCUT2D eigenvalue weighted by molar-refractivity contribution is -0.119. The number of anilines is 1. The molecule has 0 radical (unpaired) electrons. The maximum Gasteiger partial charge on any atom is 0.265 e. The fourth-order valence-electron chi connectivity index (χ4n) is 3.25. The van der Waals surface area contributed by atoms with Gasteiger partial charge in [0.25, 0.3) is 11.8 Å². The SMILES string of the molecule is NC(N)=NCCCC(N)C(=O)N(C(=O)c1ccccc1)c1cccc2ccccc12. The van der Waals surface area contributed by atoms with E-state index in [0.29, 0.717) is 30.6 Å². The molecule has 0 aliphatic carbocycles. The Morgan fingerprint density at radius 2 is 1.57 bits per heavy atom. The quantitative estimate of drug-likeness (QED) is 0.317. The second-order valence-electron chi connectivity index (χ2n) is 6.90. The summed E-state index contributed by atoms with van der Waals surface area (Å²) >= 11 is 0. The highest BCUT2D eigenvalue weighted by Crippen LogP contribution is 2.28. The number of carbonyl (C=O) groups is 2. The summed E-state index contributed by atoms with van der Waals surface area (Å²) in [4.78, 5) is 31.8. The maximum atomic E-state index is 13.3. The summed E-state index contributed by atoms with van der Waals surface area (Å²) in [6, 6.07) is 20.9. The number of benzene rings is 3. The topological polar surface area (TPSA) is 128 Å². The van der Waals surface area contributed by atoms with Crippen molar-refractivity contribution < 1.29 is 9.59 Å². The predicted octanol–water partition coefficient (Wildman–Crippen LogP) is 2.39. The predicted molar refractivity (Wildman–Crippen MR) is 120 cm³/mol. The van der Waals surface area contributed by atoms with E-state index in [1.807, 2.05) is 42.5 Å². The summed E-state index contributed by atoms with van der Waals surface area (Å²) in [6.45, 7) is 0.365. The van der Waals surface area contributed by atoms with Crippen LogP contribution in [0.2, 0.25) is 0 Å². The maximum absolute atomic E-state index is 13.3. The van der Waals surface area contributed by atoms with Crippen LogP contribution in [0.25, 0.3) is 10.8 Å². The summed E-state index contributed by atoms with van der Waals surface area (Å²) < 4.78 is 0. The minimum atomic E-state index is -0.870. The molecular formula is C23H25N5O2. The van der Waals surface area contributed by atoms with Gasteiger partial charge in [0.1, 0.15) is 0 Å². The number of fused-ring (bicyclic) bond motifs is 1. The van der Waals surface area contributed by atoms with Gasteiger partial charge in [-0.3, -0.25) is 14.6 Å². The van der Waals surface area contributed by atoms with Gasteiger partial charge in [-0.1, -0.05) is 54.6 Å². The van der Waals surface area contributed by atoms with Gasteiger partial charge in [0, 0.05) is 17.5 Å². The minimum absolute atomic E-state index is 0.00784. The molecule has 0 aromatic heterocycles. The van der Waals surface area contributed by atoms with Crippen LogP contribution in [0.1, 0.15) is 23.2 Å². The summed E-state index contributed by atoms with van der Waals surface area (Å²) in [5, 5.41) is 1.72. The first kappa shape index (κ1) is 21.0. The third-order valence-electron chi connectivity index (χ3n) is 4.74. The zero-order valence-electron chi connectivity index (χ0n) is 16.6. The molecule has 6 N–H and O–H groups in total. The fraction of sp³-hybridized carbons (Fsp3) is 0.174. The molecule has 3 rings (SSSR count). The van der Waals surface area contributed by atoms with E-state index in [4.69, 9.17) is 17.2 Å². The van der Waals surface area contributed by atoms with Crippen molar-refractivity contribution in [2.24, 2.45) is 22.2 Å². The van der Waals surface area contributed by atoms with Crippen molar-refractivity contribution in [1.82, 2.24) is 0 Å². The molecule has 30 heavy (non-hydrogen) atoms. The summed E-state index contributed by atoms with van der Waals surface area (Å²) in [6.07, 6.45) is 0.868. The third-order valence-corrected chi connectivity index (χ3v) is 4.74. The number of amides is 2. The van der Waals surface area contributed by atoms with Crippen LogP contribution < -0.4 is 22.1 Å². The van der Waals surface area contributed by atoms with Crippen molar-refractivity contribution in [3.05, 3.63) is 78.4 Å². The molecular weight excluding hydrogens is 378 g/mol. The molecule has 2 amide bonds. The molecule has 7 heteroatoms. The Kier molecular flexibility index (Phi) is 6.77. The van der Waals surface area contributed by atoms with Gasteiger partial charge < -0.3 is 17.2 Å². The van der Waals surface area contributed by atoms with E-state index < -0.39 is 17.9 Å². The Morgan fingerprint density at radius 3 is 2.30 bits per heavy atom. The molecule has 3 aromatic rings. The number of hydrogen-bond donors (Lipinski definition) is 3. The number of nitrogens with zero attached hydrogens (tertiary/aromatic N) is 2. The van der Waals surface area contributed by atoms with Crippen LogP contribution in [0.15, 0.2) is 77.8 Å². The molecule has 0 saturated heterocycles. The lowest BCUT2D eigenvalue weighted by Gasteiger charge is -2.25. The molecule has 0 spiro atoms. The number of imide groups is 1. The monoisotopic (exact) mass is 403 g/mol. The van der Waals surface area contributed by atoms with Gasteiger partial charge in [-0.2, -0.15) is 0 Å². The molecule has 0 bridgehead atoms. The standard InChI is InChI=1S/C23H25N5O2/c24-19(13-7-15-27-23(25)26)22(30)28(21(29)17-9-2-1-3-10-17)20-14-6-11-16-8-4-5-12-18(16)20/h1-6,8-12,14,19H,7,13,15,24H2,(H4,25,26,27). The van der Waals surface area contributed by atoms with E-state index in [0.717, 1.165) is 10.8 Å². The number of nitrogens with two attached hydrogens (primary N) is 3. The van der Waals surface area contributed by atoms with Crippen molar-refractivity contribution >= 4 is 34.2 Å². The smallest absolute Gasteiger partial charge is 0.265 e. The van der Waals surface area contributed by atoms with Crippen LogP contribution in [-0.4, -0.2) is 30.4 Å². The number of rotatable bonds is 7. The van der Waals surface area contributed by atoms with E-state index in [2.05, 4.69) is 4.99 Å². The molecule has 154 valence electrons. The summed E-state index contributed by atoms with van der Waals surface area (Å²) in [7, 11) is 0. The van der Waals surface area contributed by atoms with Crippen molar-refractivity contribution in [2.45, 2.75) is 18.9 Å². The lowest BCUT2D eigenvalue weighted by Crippen LogP contribution is -2.47. The van der Waals surface area contributed by atoms with E-state index >= 15 is 0 Å². The minimum Gasteiger partial charge on any atom is -0.370 e. The first-order chi connectivity index (χ1) is 14.5. The van der Waals surface area contributed by atoms with Crippen molar-refractivity contribution in [1.29, 1.82) is 0 Å². The van der Waals surface area contributed by atoms with Gasteiger partial charge >= 0.3 is 0 Å². The number of aliphatic imine (C=N–C) groups is 1. The largest absolute Gasteiger partial charge is 0.370 e. The van der Waals surface area contributed by atoms with E-state index in [1.54, 1.807) is 30.3 Å². The Hall–Kier alpha value is -3.71. The van der Waals surface area contributed by atoms with Crippen molar-refractivity contribution in [3.8, 4) is 0 Å². The average molecular weight is 403 g/mol. The van der Waals surface area contributed by atoms with Gasteiger partial charge in [0.2, 0.25) is 0 Å². The fourth-order valence-corrected chi connectivity index (χ4v) is 3.25.